The van der Waals surface area contributed by atoms with Gasteiger partial charge in [0.25, 0.3) is 0 Å². The first-order valence-electron chi connectivity index (χ1n) is 16.3. The van der Waals surface area contributed by atoms with Crippen LogP contribution in [0.5, 0.6) is 5.75 Å². The van der Waals surface area contributed by atoms with Crippen molar-refractivity contribution in [1.82, 2.24) is 0 Å². The molecule has 0 aliphatic rings. The van der Waals surface area contributed by atoms with Crippen molar-refractivity contribution < 1.29 is 23.8 Å². The molecule has 0 bridgehead atoms. The molecule has 44 heavy (non-hydrogen) atoms. The zero-order valence-electron chi connectivity index (χ0n) is 26.6. The highest BCUT2D eigenvalue weighted by Crippen LogP contribution is 2.33. The Bertz CT molecular complexity index is 1300. The minimum absolute atomic E-state index is 0.199. The zero-order chi connectivity index (χ0) is 31.6. The molecule has 0 saturated carbocycles. The van der Waals surface area contributed by atoms with Gasteiger partial charge in [-0.15, -0.1) is 0 Å². The topological polar surface area (TPSA) is 61.8 Å². The molecule has 0 unspecified atom stereocenters. The Morgan fingerprint density at radius 1 is 0.750 bits per heavy atom. The number of carbonyl (C=O) groups is 2. The number of benzene rings is 3. The van der Waals surface area contributed by atoms with Crippen molar-refractivity contribution in [2.24, 2.45) is 5.92 Å². The van der Waals surface area contributed by atoms with Crippen molar-refractivity contribution in [3.8, 4) is 16.9 Å². The Labute approximate surface area is 269 Å². The second-order valence-electron chi connectivity index (χ2n) is 11.6. The maximum Gasteiger partial charge on any atom is 0.516 e. The second kappa shape index (κ2) is 19.7. The minimum Gasteiger partial charge on any atom is -0.445 e. The van der Waals surface area contributed by atoms with Crippen molar-refractivity contribution in [3.05, 3.63) is 89.5 Å². The van der Waals surface area contributed by atoms with E-state index in [0.717, 1.165) is 36.0 Å². The summed E-state index contributed by atoms with van der Waals surface area (Å²) in [5.74, 6) is 0.121. The van der Waals surface area contributed by atoms with Crippen LogP contribution < -0.4 is 4.74 Å². The number of esters is 1. The molecule has 0 heterocycles. The monoisotopic (exact) mass is 616 g/mol. The maximum absolute atomic E-state index is 12.5. The van der Waals surface area contributed by atoms with E-state index < -0.39 is 12.1 Å². The Balaban J connectivity index is 1.64. The molecular weight excluding hydrogens is 568 g/mol. The van der Waals surface area contributed by atoms with Gasteiger partial charge in [-0.1, -0.05) is 140 Å². The molecule has 0 saturated heterocycles. The number of hydrogen-bond donors (Lipinski definition) is 0. The maximum atomic E-state index is 12.5. The molecule has 3 aromatic carbocycles. The fraction of sp³-hybridized carbons (Fsp3) is 0.447. The van der Waals surface area contributed by atoms with Crippen molar-refractivity contribution in [2.75, 3.05) is 6.61 Å². The lowest BCUT2D eigenvalue weighted by atomic mass is 9.98. The van der Waals surface area contributed by atoms with Crippen LogP contribution in [0.25, 0.3) is 11.1 Å². The van der Waals surface area contributed by atoms with Crippen molar-refractivity contribution in [1.29, 1.82) is 0 Å². The van der Waals surface area contributed by atoms with E-state index in [4.69, 9.17) is 26.4 Å². The highest BCUT2D eigenvalue weighted by Gasteiger charge is 2.17. The average molecular weight is 617 g/mol. The summed E-state index contributed by atoms with van der Waals surface area (Å²) in [6, 6.07) is 22.9. The Morgan fingerprint density at radius 3 is 2.02 bits per heavy atom. The SMILES string of the molecule is CCCCCCCCCCCCc1ccc(-c2ccc(C(=O)OC(=O)OC[C@@H](C)CC)cc2)c(OC(=S)c2ccccc2)c1. The lowest BCUT2D eigenvalue weighted by molar-refractivity contribution is 0.0342. The highest BCUT2D eigenvalue weighted by atomic mass is 32.1. The Hall–Kier alpha value is -3.51. The van der Waals surface area contributed by atoms with Crippen molar-refractivity contribution in [3.63, 3.8) is 0 Å². The van der Waals surface area contributed by atoms with Crippen LogP contribution in [-0.4, -0.2) is 23.8 Å². The molecule has 0 aliphatic carbocycles. The van der Waals surface area contributed by atoms with Gasteiger partial charge in [0.05, 0.1) is 12.2 Å². The van der Waals surface area contributed by atoms with E-state index in [-0.39, 0.29) is 18.1 Å². The molecule has 6 heteroatoms. The number of carbonyl (C=O) groups excluding carboxylic acids is 2. The summed E-state index contributed by atoms with van der Waals surface area (Å²) < 4.78 is 16.2. The molecule has 5 nitrogen and oxygen atoms in total. The molecular formula is C38H48O5S. The van der Waals surface area contributed by atoms with Crippen LogP contribution in [0.3, 0.4) is 0 Å². The Kier molecular flexibility index (Phi) is 15.7. The van der Waals surface area contributed by atoms with Gasteiger partial charge in [-0.3, -0.25) is 0 Å². The normalized spacial score (nSPS) is 11.5. The van der Waals surface area contributed by atoms with E-state index in [2.05, 4.69) is 19.1 Å². The van der Waals surface area contributed by atoms with Gasteiger partial charge in [0.2, 0.25) is 0 Å². The van der Waals surface area contributed by atoms with Crippen LogP contribution in [0.1, 0.15) is 113 Å². The molecule has 3 rings (SSSR count). The summed E-state index contributed by atoms with van der Waals surface area (Å²) >= 11 is 5.65. The smallest absolute Gasteiger partial charge is 0.445 e. The summed E-state index contributed by atoms with van der Waals surface area (Å²) in [5, 5.41) is 0.402. The van der Waals surface area contributed by atoms with Gasteiger partial charge < -0.3 is 14.2 Å². The van der Waals surface area contributed by atoms with E-state index in [0.29, 0.717) is 10.8 Å². The van der Waals surface area contributed by atoms with Crippen LogP contribution in [0.4, 0.5) is 4.79 Å². The summed E-state index contributed by atoms with van der Waals surface area (Å²) in [6.07, 6.45) is 13.9. The van der Waals surface area contributed by atoms with E-state index in [1.165, 1.54) is 63.4 Å². The molecule has 0 N–H and O–H groups in total. The molecule has 0 spiro atoms. The quantitative estimate of drug-likeness (QED) is 0.0613. The third kappa shape index (κ3) is 12.2. The number of unbranched alkanes of at least 4 members (excludes halogenated alkanes) is 9. The highest BCUT2D eigenvalue weighted by molar-refractivity contribution is 7.80. The largest absolute Gasteiger partial charge is 0.516 e. The number of thiocarbonyl (C=S) groups is 1. The fourth-order valence-electron chi connectivity index (χ4n) is 4.87. The Morgan fingerprint density at radius 2 is 1.39 bits per heavy atom. The van der Waals surface area contributed by atoms with E-state index in [1.807, 2.05) is 62.4 Å². The van der Waals surface area contributed by atoms with Crippen LogP contribution in [-0.2, 0) is 15.9 Å². The predicted molar refractivity (Wildman–Crippen MR) is 182 cm³/mol. The van der Waals surface area contributed by atoms with Gasteiger partial charge in [-0.2, -0.15) is 0 Å². The molecule has 0 aliphatic heterocycles. The first-order chi connectivity index (χ1) is 21.4. The molecule has 0 amide bonds. The molecule has 1 atom stereocenters. The van der Waals surface area contributed by atoms with Gasteiger partial charge in [0, 0.05) is 11.1 Å². The van der Waals surface area contributed by atoms with Crippen molar-refractivity contribution >= 4 is 29.4 Å². The third-order valence-electron chi connectivity index (χ3n) is 7.87. The van der Waals surface area contributed by atoms with Gasteiger partial charge >= 0.3 is 12.1 Å². The predicted octanol–water partition coefficient (Wildman–Crippen LogP) is 10.9. The molecule has 0 aromatic heterocycles. The summed E-state index contributed by atoms with van der Waals surface area (Å²) in [6.45, 7) is 6.44. The minimum atomic E-state index is -0.984. The van der Waals surface area contributed by atoms with Crippen molar-refractivity contribution in [2.45, 2.75) is 97.8 Å². The third-order valence-corrected chi connectivity index (χ3v) is 8.19. The van der Waals surface area contributed by atoms with E-state index in [9.17, 15) is 9.59 Å². The molecule has 3 aromatic rings. The summed E-state index contributed by atoms with van der Waals surface area (Å²) in [7, 11) is 0. The number of rotatable bonds is 18. The number of ether oxygens (including phenoxy) is 3. The van der Waals surface area contributed by atoms with E-state index >= 15 is 0 Å². The van der Waals surface area contributed by atoms with E-state index in [1.54, 1.807) is 12.1 Å². The van der Waals surface area contributed by atoms with Crippen LogP contribution >= 0.6 is 12.2 Å². The molecule has 0 radical (unpaired) electrons. The van der Waals surface area contributed by atoms with Crippen LogP contribution in [0, 0.1) is 5.92 Å². The number of hydrogen-bond acceptors (Lipinski definition) is 6. The van der Waals surface area contributed by atoms with Crippen LogP contribution in [0.2, 0.25) is 0 Å². The number of aryl methyl sites for hydroxylation is 1. The van der Waals surface area contributed by atoms with Gasteiger partial charge in [0.1, 0.15) is 5.75 Å². The fourth-order valence-corrected chi connectivity index (χ4v) is 5.10. The van der Waals surface area contributed by atoms with Gasteiger partial charge in [0.15, 0.2) is 5.05 Å². The first kappa shape index (κ1) is 35.0. The molecule has 236 valence electrons. The summed E-state index contributed by atoms with van der Waals surface area (Å²) in [5.41, 5.74) is 4.02. The standard InChI is InChI=1S/C38H48O5S/c1-4-6-7-8-9-10-11-12-13-15-18-30-21-26-34(35(27-30)42-37(44)33-19-16-14-17-20-33)31-22-24-32(25-23-31)36(39)43-38(40)41-28-29(3)5-2/h14,16-17,19-27,29H,4-13,15,18,28H2,1-3H3/t29-/m0/s1. The lowest BCUT2D eigenvalue weighted by Gasteiger charge is -2.15. The van der Waals surface area contributed by atoms with Crippen LogP contribution in [0.15, 0.2) is 72.8 Å². The van der Waals surface area contributed by atoms with Gasteiger partial charge in [-0.25, -0.2) is 9.59 Å². The molecule has 0 fully saturated rings. The van der Waals surface area contributed by atoms with Gasteiger partial charge in [-0.05, 0) is 60.3 Å². The summed E-state index contributed by atoms with van der Waals surface area (Å²) in [4.78, 5) is 24.4. The first-order valence-corrected chi connectivity index (χ1v) is 16.7. The zero-order valence-corrected chi connectivity index (χ0v) is 27.5. The lowest BCUT2D eigenvalue weighted by Crippen LogP contribution is -2.17. The average Bonchev–Trinajstić information content (AvgIpc) is 3.05. The second-order valence-corrected chi connectivity index (χ2v) is 11.9.